The smallest absolute Gasteiger partial charge is 0.311 e. The van der Waals surface area contributed by atoms with Gasteiger partial charge in [0, 0.05) is 18.1 Å². The molecule has 0 unspecified atom stereocenters. The Morgan fingerprint density at radius 1 is 0.971 bits per heavy atom. The van der Waals surface area contributed by atoms with Crippen molar-refractivity contribution < 1.29 is 37.3 Å². The summed E-state index contributed by atoms with van der Waals surface area (Å²) in [7, 11) is 0. The van der Waals surface area contributed by atoms with Crippen molar-refractivity contribution in [3.05, 3.63) is 83.4 Å². The number of rotatable bonds is 10. The van der Waals surface area contributed by atoms with E-state index in [2.05, 4.69) is 6.58 Å². The zero-order valence-corrected chi connectivity index (χ0v) is 19.5. The first-order valence-electron chi connectivity index (χ1n) is 10.9. The minimum absolute atomic E-state index is 0.0421. The van der Waals surface area contributed by atoms with Gasteiger partial charge < -0.3 is 14.9 Å². The van der Waals surface area contributed by atoms with Gasteiger partial charge in [-0.3, -0.25) is 4.79 Å². The average Bonchev–Trinajstić information content (AvgIpc) is 2.72. The Morgan fingerprint density at radius 2 is 1.47 bits per heavy atom. The van der Waals surface area contributed by atoms with Crippen LogP contribution in [0, 0.1) is 34.6 Å². The van der Waals surface area contributed by atoms with Gasteiger partial charge in [-0.1, -0.05) is 6.08 Å². The molecular weight excluding hydrogens is 452 g/mol. The maximum Gasteiger partial charge on any atom is 0.311 e. The van der Waals surface area contributed by atoms with E-state index in [9.17, 15) is 32.6 Å². The lowest BCUT2D eigenvalue weighted by Gasteiger charge is -2.36. The summed E-state index contributed by atoms with van der Waals surface area (Å²) in [6, 6.07) is 5.18. The number of hydrogen-bond donors (Lipinski definition) is 2. The largest absolute Gasteiger partial charge is 0.465 e. The zero-order chi connectivity index (χ0) is 25.7. The Morgan fingerprint density at radius 3 is 1.94 bits per heavy atom. The Labute approximate surface area is 196 Å². The van der Waals surface area contributed by atoms with Gasteiger partial charge in [-0.2, -0.15) is 0 Å². The van der Waals surface area contributed by atoms with Crippen molar-refractivity contribution in [2.24, 2.45) is 11.3 Å². The van der Waals surface area contributed by atoms with Crippen molar-refractivity contribution in [1.29, 1.82) is 0 Å². The molecule has 0 fully saturated rings. The van der Waals surface area contributed by atoms with Gasteiger partial charge in [0.05, 0.1) is 23.7 Å². The lowest BCUT2D eigenvalue weighted by atomic mass is 9.75. The fourth-order valence-electron chi connectivity index (χ4n) is 3.69. The van der Waals surface area contributed by atoms with Gasteiger partial charge in [-0.15, -0.1) is 6.58 Å². The van der Waals surface area contributed by atoms with E-state index in [1.54, 1.807) is 20.8 Å². The first-order chi connectivity index (χ1) is 15.8. The average molecular weight is 483 g/mol. The summed E-state index contributed by atoms with van der Waals surface area (Å²) in [5.74, 6) is -4.87. The summed E-state index contributed by atoms with van der Waals surface area (Å²) < 4.78 is 60.3. The third-order valence-electron chi connectivity index (χ3n) is 5.60. The third kappa shape index (κ3) is 7.14. The lowest BCUT2D eigenvalue weighted by Crippen LogP contribution is -2.36. The highest BCUT2D eigenvalue weighted by molar-refractivity contribution is 5.75. The monoisotopic (exact) mass is 482 g/mol. The van der Waals surface area contributed by atoms with Crippen LogP contribution in [0.3, 0.4) is 0 Å². The van der Waals surface area contributed by atoms with E-state index >= 15 is 0 Å². The molecule has 0 spiro atoms. The van der Waals surface area contributed by atoms with Crippen LogP contribution in [-0.2, 0) is 15.1 Å². The molecule has 2 aromatic rings. The lowest BCUT2D eigenvalue weighted by molar-refractivity contribution is -0.154. The molecule has 0 radical (unpaired) electrons. The molecule has 186 valence electrons. The number of benzene rings is 2. The molecule has 0 aromatic heterocycles. The van der Waals surface area contributed by atoms with E-state index in [4.69, 9.17) is 4.74 Å². The molecule has 3 atom stereocenters. The number of ether oxygens (including phenoxy) is 1. The van der Waals surface area contributed by atoms with Gasteiger partial charge in [-0.25, -0.2) is 17.6 Å². The third-order valence-corrected chi connectivity index (χ3v) is 5.60. The molecule has 2 rings (SSSR count). The van der Waals surface area contributed by atoms with Gasteiger partial charge in [0.2, 0.25) is 0 Å². The quantitative estimate of drug-likeness (QED) is 0.258. The highest BCUT2D eigenvalue weighted by Gasteiger charge is 2.38. The van der Waals surface area contributed by atoms with Crippen LogP contribution < -0.4 is 0 Å². The van der Waals surface area contributed by atoms with E-state index < -0.39 is 52.3 Å². The van der Waals surface area contributed by atoms with Crippen LogP contribution in [0.5, 0.6) is 0 Å². The van der Waals surface area contributed by atoms with Crippen LogP contribution in [0.15, 0.2) is 49.1 Å². The number of carbonyl (C=O) groups is 1. The fraction of sp³-hybridized carbons (Fsp3) is 0.423. The van der Waals surface area contributed by atoms with E-state index in [1.165, 1.54) is 6.08 Å². The van der Waals surface area contributed by atoms with E-state index in [0.29, 0.717) is 12.1 Å². The van der Waals surface area contributed by atoms with Crippen molar-refractivity contribution in [2.45, 2.75) is 51.7 Å². The van der Waals surface area contributed by atoms with Gasteiger partial charge in [-0.05, 0) is 75.4 Å². The van der Waals surface area contributed by atoms with Crippen molar-refractivity contribution in [3.63, 3.8) is 0 Å². The number of carbonyl (C=O) groups excluding carboxylic acids is 1. The standard InChI is InChI=1S/C26H30F4O4/c1-5-17(7-9-34-24(32)25(2,3)4)26(33,18-12-21(29)15-22(30)13-18)8-6-23(31)16-10-19(27)14-20(28)11-16/h5,10-15,17,23,31,33H,1,6-9H2,2-4H3/t17-,23-,26+/m1/s1. The Hall–Kier alpha value is -2.71. The van der Waals surface area contributed by atoms with Crippen molar-refractivity contribution in [2.75, 3.05) is 6.61 Å². The van der Waals surface area contributed by atoms with Crippen molar-refractivity contribution in [1.82, 2.24) is 0 Å². The number of aliphatic hydroxyl groups is 2. The van der Waals surface area contributed by atoms with E-state index in [-0.39, 0.29) is 37.0 Å². The minimum atomic E-state index is -1.92. The first kappa shape index (κ1) is 27.5. The molecule has 4 nitrogen and oxygen atoms in total. The predicted molar refractivity (Wildman–Crippen MR) is 120 cm³/mol. The van der Waals surface area contributed by atoms with Gasteiger partial charge in [0.15, 0.2) is 0 Å². The molecule has 0 amide bonds. The Bertz CT molecular complexity index is 978. The summed E-state index contributed by atoms with van der Waals surface area (Å²) in [6.07, 6.45) is -0.339. The molecule has 2 N–H and O–H groups in total. The van der Waals surface area contributed by atoms with Gasteiger partial charge >= 0.3 is 5.97 Å². The van der Waals surface area contributed by atoms with E-state index in [0.717, 1.165) is 24.3 Å². The Kier molecular flexibility index (Phi) is 9.02. The van der Waals surface area contributed by atoms with Crippen LogP contribution in [0.25, 0.3) is 0 Å². The molecule has 0 aliphatic rings. The topological polar surface area (TPSA) is 66.8 Å². The molecular formula is C26H30F4O4. The molecule has 0 heterocycles. The number of esters is 1. The fourth-order valence-corrected chi connectivity index (χ4v) is 3.69. The molecule has 0 aliphatic heterocycles. The molecule has 0 aliphatic carbocycles. The second-order valence-corrected chi connectivity index (χ2v) is 9.36. The number of hydrogen-bond acceptors (Lipinski definition) is 4. The van der Waals surface area contributed by atoms with E-state index in [1.807, 2.05) is 0 Å². The van der Waals surface area contributed by atoms with Crippen LogP contribution >= 0.6 is 0 Å². The van der Waals surface area contributed by atoms with Crippen LogP contribution in [0.1, 0.15) is 57.3 Å². The Balaban J connectivity index is 2.31. The molecule has 0 saturated heterocycles. The van der Waals surface area contributed by atoms with Crippen LogP contribution in [0.2, 0.25) is 0 Å². The number of aliphatic hydroxyl groups excluding tert-OH is 1. The van der Waals surface area contributed by atoms with Crippen molar-refractivity contribution in [3.8, 4) is 0 Å². The molecule has 0 saturated carbocycles. The first-order valence-corrected chi connectivity index (χ1v) is 10.9. The highest BCUT2D eigenvalue weighted by Crippen LogP contribution is 2.40. The summed E-state index contributed by atoms with van der Waals surface area (Å²) >= 11 is 0. The summed E-state index contributed by atoms with van der Waals surface area (Å²) in [6.45, 7) is 8.66. The predicted octanol–water partition coefficient (Wildman–Crippen LogP) is 5.73. The molecule has 8 heteroatoms. The highest BCUT2D eigenvalue weighted by atomic mass is 19.1. The second-order valence-electron chi connectivity index (χ2n) is 9.36. The maximum atomic E-state index is 14.0. The van der Waals surface area contributed by atoms with Crippen LogP contribution in [0.4, 0.5) is 17.6 Å². The SMILES string of the molecule is C=C[C@H](CCOC(=O)C(C)(C)C)[C@@](O)(CC[C@@H](O)c1cc(F)cc(F)c1)c1cc(F)cc(F)c1. The van der Waals surface area contributed by atoms with Gasteiger partial charge in [0.1, 0.15) is 23.3 Å². The minimum Gasteiger partial charge on any atom is -0.465 e. The zero-order valence-electron chi connectivity index (χ0n) is 19.5. The summed E-state index contributed by atoms with van der Waals surface area (Å²) in [5.41, 5.74) is -2.81. The second kappa shape index (κ2) is 11.1. The molecule has 0 bridgehead atoms. The summed E-state index contributed by atoms with van der Waals surface area (Å²) in [5, 5.41) is 22.1. The normalized spacial score (nSPS) is 15.3. The molecule has 34 heavy (non-hydrogen) atoms. The molecule has 2 aromatic carbocycles. The van der Waals surface area contributed by atoms with Crippen molar-refractivity contribution >= 4 is 5.97 Å². The number of halogens is 4. The maximum absolute atomic E-state index is 14.0. The van der Waals surface area contributed by atoms with Crippen LogP contribution in [-0.4, -0.2) is 22.8 Å². The van der Waals surface area contributed by atoms with Gasteiger partial charge in [0.25, 0.3) is 0 Å². The summed E-state index contributed by atoms with van der Waals surface area (Å²) in [4.78, 5) is 12.1.